The van der Waals surface area contributed by atoms with Crippen LogP contribution in [0, 0.1) is 0 Å². The van der Waals surface area contributed by atoms with Crippen LogP contribution < -0.4 is 5.73 Å². The van der Waals surface area contributed by atoms with E-state index < -0.39 is 0 Å². The van der Waals surface area contributed by atoms with Crippen LogP contribution in [-0.4, -0.2) is 15.7 Å². The molecule has 2 N–H and O–H groups in total. The Morgan fingerprint density at radius 1 is 1.17 bits per heavy atom. The average molecular weight is 339 g/mol. The molecule has 1 aliphatic carbocycles. The molecule has 5 heteroatoms. The second-order valence-corrected chi connectivity index (χ2v) is 7.62. The Morgan fingerprint density at radius 3 is 2.91 bits per heavy atom. The lowest BCUT2D eigenvalue weighted by molar-refractivity contribution is 0.916. The van der Waals surface area contributed by atoms with Crippen molar-refractivity contribution in [1.82, 2.24) is 9.97 Å². The third kappa shape index (κ3) is 2.99. The molecule has 0 fully saturated rings. The molecule has 4 rings (SSSR count). The van der Waals surface area contributed by atoms with E-state index in [-0.39, 0.29) is 0 Å². The van der Waals surface area contributed by atoms with Gasteiger partial charge in [0.15, 0.2) is 5.16 Å². The number of rotatable bonds is 4. The normalized spacial score (nSPS) is 13.9. The van der Waals surface area contributed by atoms with Gasteiger partial charge in [-0.2, -0.15) is 0 Å². The number of nitrogen functional groups attached to an aromatic ring is 1. The van der Waals surface area contributed by atoms with Crippen LogP contribution in [0.4, 0.5) is 5.82 Å². The molecule has 3 nitrogen and oxygen atoms in total. The van der Waals surface area contributed by atoms with Gasteiger partial charge in [-0.05, 0) is 30.4 Å². The minimum Gasteiger partial charge on any atom is -0.383 e. The van der Waals surface area contributed by atoms with Crippen molar-refractivity contribution in [2.45, 2.75) is 24.4 Å². The van der Waals surface area contributed by atoms with Crippen LogP contribution in [0.2, 0.25) is 0 Å². The van der Waals surface area contributed by atoms with Gasteiger partial charge in [0.25, 0.3) is 0 Å². The van der Waals surface area contributed by atoms with Gasteiger partial charge in [-0.25, -0.2) is 9.97 Å². The van der Waals surface area contributed by atoms with E-state index in [1.165, 1.54) is 22.4 Å². The number of anilines is 1. The molecule has 0 spiro atoms. The highest BCUT2D eigenvalue weighted by molar-refractivity contribution is 7.99. The Bertz CT molecular complexity index is 869. The standard InChI is InChI=1S/C18H17N3S2/c19-16-15-13-9-4-10-14(13)23-17(15)21-18(20-16)22-11-5-8-12-6-2-1-3-7-12/h1-3,5-8H,4,9-11H2,(H2,19,20,21). The molecule has 0 saturated heterocycles. The molecular weight excluding hydrogens is 322 g/mol. The van der Waals surface area contributed by atoms with E-state index in [9.17, 15) is 0 Å². The van der Waals surface area contributed by atoms with Gasteiger partial charge in [0.05, 0.1) is 5.39 Å². The highest BCUT2D eigenvalue weighted by Gasteiger charge is 2.21. The van der Waals surface area contributed by atoms with Crippen LogP contribution in [0.15, 0.2) is 41.6 Å². The van der Waals surface area contributed by atoms with Crippen LogP contribution >= 0.6 is 23.1 Å². The largest absolute Gasteiger partial charge is 0.383 e. The van der Waals surface area contributed by atoms with E-state index in [0.717, 1.165) is 34.0 Å². The quantitative estimate of drug-likeness (QED) is 0.559. The summed E-state index contributed by atoms with van der Waals surface area (Å²) in [5.41, 5.74) is 8.79. The van der Waals surface area contributed by atoms with E-state index in [1.807, 2.05) is 18.2 Å². The van der Waals surface area contributed by atoms with Gasteiger partial charge < -0.3 is 5.73 Å². The molecule has 1 aromatic carbocycles. The molecule has 0 amide bonds. The highest BCUT2D eigenvalue weighted by atomic mass is 32.2. The summed E-state index contributed by atoms with van der Waals surface area (Å²) in [4.78, 5) is 11.7. The van der Waals surface area contributed by atoms with E-state index >= 15 is 0 Å². The molecule has 1 aliphatic rings. The topological polar surface area (TPSA) is 51.8 Å². The second kappa shape index (κ2) is 6.34. The fraction of sp³-hybridized carbons (Fsp3) is 0.222. The van der Waals surface area contributed by atoms with E-state index in [0.29, 0.717) is 5.82 Å². The first-order valence-electron chi connectivity index (χ1n) is 7.73. The van der Waals surface area contributed by atoms with Crippen molar-refractivity contribution in [2.24, 2.45) is 0 Å². The lowest BCUT2D eigenvalue weighted by Gasteiger charge is -2.02. The van der Waals surface area contributed by atoms with Crippen LogP contribution in [-0.2, 0) is 12.8 Å². The first kappa shape index (κ1) is 14.7. The Balaban J connectivity index is 1.50. The molecule has 23 heavy (non-hydrogen) atoms. The zero-order valence-electron chi connectivity index (χ0n) is 12.7. The molecule has 0 atom stereocenters. The van der Waals surface area contributed by atoms with Gasteiger partial charge in [-0.1, -0.05) is 54.2 Å². The van der Waals surface area contributed by atoms with Gasteiger partial charge in [0.1, 0.15) is 10.6 Å². The van der Waals surface area contributed by atoms with Crippen molar-refractivity contribution in [2.75, 3.05) is 11.5 Å². The van der Waals surface area contributed by atoms with E-state index in [2.05, 4.69) is 29.3 Å². The average Bonchev–Trinajstić information content (AvgIpc) is 3.13. The lowest BCUT2D eigenvalue weighted by Crippen LogP contribution is -1.96. The molecule has 3 aromatic rings. The summed E-state index contributed by atoms with van der Waals surface area (Å²) in [5, 5.41) is 1.87. The first-order valence-corrected chi connectivity index (χ1v) is 9.53. The number of nitrogens with zero attached hydrogens (tertiary/aromatic N) is 2. The third-order valence-corrected chi connectivity index (χ3v) is 5.98. The summed E-state index contributed by atoms with van der Waals surface area (Å²) < 4.78 is 0. The maximum Gasteiger partial charge on any atom is 0.191 e. The van der Waals surface area contributed by atoms with Crippen molar-refractivity contribution < 1.29 is 0 Å². The molecule has 2 aromatic heterocycles. The van der Waals surface area contributed by atoms with Crippen molar-refractivity contribution in [3.8, 4) is 0 Å². The van der Waals surface area contributed by atoms with E-state index in [4.69, 9.17) is 10.7 Å². The molecule has 116 valence electrons. The number of hydrogen-bond donors (Lipinski definition) is 1. The Morgan fingerprint density at radius 2 is 2.04 bits per heavy atom. The first-order chi connectivity index (χ1) is 11.3. The number of aryl methyl sites for hydroxylation is 2. The summed E-state index contributed by atoms with van der Waals surface area (Å²) in [5.74, 6) is 1.48. The minimum atomic E-state index is 0.643. The highest BCUT2D eigenvalue weighted by Crippen LogP contribution is 2.39. The second-order valence-electron chi connectivity index (χ2n) is 5.55. The zero-order valence-corrected chi connectivity index (χ0v) is 14.3. The van der Waals surface area contributed by atoms with Gasteiger partial charge in [-0.3, -0.25) is 0 Å². The van der Waals surface area contributed by atoms with Crippen LogP contribution in [0.1, 0.15) is 22.4 Å². The molecule has 0 saturated carbocycles. The summed E-state index contributed by atoms with van der Waals surface area (Å²) in [6, 6.07) is 10.3. The molecule has 0 unspecified atom stereocenters. The summed E-state index contributed by atoms with van der Waals surface area (Å²) in [6.45, 7) is 0. The minimum absolute atomic E-state index is 0.643. The summed E-state index contributed by atoms with van der Waals surface area (Å²) in [7, 11) is 0. The summed E-state index contributed by atoms with van der Waals surface area (Å²) in [6.07, 6.45) is 7.78. The molecular formula is C18H17N3S2. The Hall–Kier alpha value is -1.85. The van der Waals surface area contributed by atoms with Crippen LogP contribution in [0.25, 0.3) is 16.3 Å². The predicted molar refractivity (Wildman–Crippen MR) is 100 cm³/mol. The van der Waals surface area contributed by atoms with Crippen LogP contribution in [0.5, 0.6) is 0 Å². The predicted octanol–water partition coefficient (Wildman–Crippen LogP) is 4.57. The monoisotopic (exact) mass is 339 g/mol. The number of nitrogens with two attached hydrogens (primary N) is 1. The Labute approximate surface area is 143 Å². The fourth-order valence-corrected chi connectivity index (χ4v) is 4.93. The van der Waals surface area contributed by atoms with Crippen molar-refractivity contribution in [1.29, 1.82) is 0 Å². The summed E-state index contributed by atoms with van der Waals surface area (Å²) >= 11 is 3.42. The van der Waals surface area contributed by atoms with Gasteiger partial charge in [0, 0.05) is 10.6 Å². The van der Waals surface area contributed by atoms with Crippen LogP contribution in [0.3, 0.4) is 0 Å². The lowest BCUT2D eigenvalue weighted by atomic mass is 10.2. The van der Waals surface area contributed by atoms with Gasteiger partial charge >= 0.3 is 0 Å². The molecule has 2 heterocycles. The van der Waals surface area contributed by atoms with Gasteiger partial charge in [-0.15, -0.1) is 11.3 Å². The van der Waals surface area contributed by atoms with Gasteiger partial charge in [0.2, 0.25) is 0 Å². The molecule has 0 bridgehead atoms. The van der Waals surface area contributed by atoms with E-state index in [1.54, 1.807) is 23.1 Å². The fourth-order valence-electron chi connectivity index (χ4n) is 2.94. The number of benzene rings is 1. The smallest absolute Gasteiger partial charge is 0.191 e. The SMILES string of the molecule is Nc1nc(SCC=Cc2ccccc2)nc2sc3c(c12)CCC3. The number of thioether (sulfide) groups is 1. The Kier molecular flexibility index (Phi) is 4.06. The number of thiophene rings is 1. The number of fused-ring (bicyclic) bond motifs is 3. The number of hydrogen-bond acceptors (Lipinski definition) is 5. The van der Waals surface area contributed by atoms with Crippen molar-refractivity contribution in [3.05, 3.63) is 52.4 Å². The third-order valence-electron chi connectivity index (χ3n) is 3.99. The molecule has 0 radical (unpaired) electrons. The zero-order chi connectivity index (χ0) is 15.6. The van der Waals surface area contributed by atoms with Crippen molar-refractivity contribution in [3.63, 3.8) is 0 Å². The molecule has 0 aliphatic heterocycles. The van der Waals surface area contributed by atoms with Crippen molar-refractivity contribution >= 4 is 45.2 Å². The maximum atomic E-state index is 6.19. The maximum absolute atomic E-state index is 6.19. The number of aromatic nitrogens is 2.